The van der Waals surface area contributed by atoms with Gasteiger partial charge in [0.05, 0.1) is 30.8 Å². The number of aromatic nitrogens is 1. The molecule has 2 N–H and O–H groups in total. The van der Waals surface area contributed by atoms with Crippen LogP contribution in [0.3, 0.4) is 0 Å². The summed E-state index contributed by atoms with van der Waals surface area (Å²) in [6, 6.07) is 3.04. The summed E-state index contributed by atoms with van der Waals surface area (Å²) in [4.78, 5) is 17.6. The number of methoxy groups -OCH3 is 1. The second kappa shape index (κ2) is 7.93. The van der Waals surface area contributed by atoms with Gasteiger partial charge in [0, 0.05) is 20.4 Å². The molecule has 1 aromatic heterocycles. The average Bonchev–Trinajstić information content (AvgIpc) is 2.38. The van der Waals surface area contributed by atoms with E-state index in [4.69, 9.17) is 21.4 Å². The van der Waals surface area contributed by atoms with Crippen molar-refractivity contribution in [2.75, 3.05) is 38.8 Å². The Morgan fingerprint density at radius 3 is 2.89 bits per heavy atom. The summed E-state index contributed by atoms with van der Waals surface area (Å²) in [5, 5.41) is 12.3. The van der Waals surface area contributed by atoms with Crippen LogP contribution < -0.4 is 10.2 Å². The van der Waals surface area contributed by atoms with E-state index in [-0.39, 0.29) is 25.7 Å². The summed E-state index contributed by atoms with van der Waals surface area (Å²) < 4.78 is 4.88. The molecule has 19 heavy (non-hydrogen) atoms. The van der Waals surface area contributed by atoms with E-state index < -0.39 is 6.04 Å². The molecule has 6 nitrogen and oxygen atoms in total. The van der Waals surface area contributed by atoms with Crippen LogP contribution in [0.25, 0.3) is 0 Å². The maximum atomic E-state index is 11.8. The molecule has 0 fully saturated rings. The Morgan fingerprint density at radius 2 is 2.37 bits per heavy atom. The van der Waals surface area contributed by atoms with Crippen molar-refractivity contribution < 1.29 is 14.6 Å². The van der Waals surface area contributed by atoms with Gasteiger partial charge in [-0.05, 0) is 12.1 Å². The van der Waals surface area contributed by atoms with Gasteiger partial charge in [-0.25, -0.2) is 4.98 Å². The van der Waals surface area contributed by atoms with Crippen LogP contribution in [0.1, 0.15) is 0 Å². The third-order valence-electron chi connectivity index (χ3n) is 2.44. The summed E-state index contributed by atoms with van der Waals surface area (Å²) in [6.07, 6.45) is 1.52. The van der Waals surface area contributed by atoms with Gasteiger partial charge in [-0.15, -0.1) is 0 Å². The lowest BCUT2D eigenvalue weighted by atomic mass is 10.3. The van der Waals surface area contributed by atoms with Crippen LogP contribution in [0, 0.1) is 0 Å². The SMILES string of the molecule is COCC(CO)NC(=O)CN(C)c1ccc(Cl)cn1. The van der Waals surface area contributed by atoms with Gasteiger partial charge in [-0.2, -0.15) is 0 Å². The van der Waals surface area contributed by atoms with Gasteiger partial charge in [0.1, 0.15) is 5.82 Å². The first kappa shape index (κ1) is 15.7. The van der Waals surface area contributed by atoms with Crippen LogP contribution in [0.4, 0.5) is 5.82 Å². The number of pyridine rings is 1. The summed E-state index contributed by atoms with van der Waals surface area (Å²) in [5.74, 6) is 0.433. The summed E-state index contributed by atoms with van der Waals surface area (Å²) in [5.41, 5.74) is 0. The smallest absolute Gasteiger partial charge is 0.239 e. The van der Waals surface area contributed by atoms with Crippen molar-refractivity contribution in [3.8, 4) is 0 Å². The van der Waals surface area contributed by atoms with E-state index >= 15 is 0 Å². The Balaban J connectivity index is 2.49. The van der Waals surface area contributed by atoms with Crippen LogP contribution >= 0.6 is 11.6 Å². The minimum Gasteiger partial charge on any atom is -0.394 e. The molecule has 1 rings (SSSR count). The number of aliphatic hydroxyl groups is 1. The maximum absolute atomic E-state index is 11.8. The van der Waals surface area contributed by atoms with Gasteiger partial charge in [-0.3, -0.25) is 4.79 Å². The fourth-order valence-electron chi connectivity index (χ4n) is 1.50. The lowest BCUT2D eigenvalue weighted by Crippen LogP contribution is -2.45. The maximum Gasteiger partial charge on any atom is 0.239 e. The first-order valence-electron chi connectivity index (χ1n) is 5.78. The normalized spacial score (nSPS) is 12.0. The van der Waals surface area contributed by atoms with E-state index in [0.29, 0.717) is 10.8 Å². The zero-order chi connectivity index (χ0) is 14.3. The zero-order valence-electron chi connectivity index (χ0n) is 11.0. The van der Waals surface area contributed by atoms with Gasteiger partial charge < -0.3 is 20.1 Å². The fourth-order valence-corrected chi connectivity index (χ4v) is 1.62. The van der Waals surface area contributed by atoms with Crippen LogP contribution in [-0.4, -0.2) is 56.0 Å². The van der Waals surface area contributed by atoms with Crippen molar-refractivity contribution in [2.24, 2.45) is 0 Å². The largest absolute Gasteiger partial charge is 0.394 e. The number of aliphatic hydroxyl groups excluding tert-OH is 1. The third kappa shape index (κ3) is 5.42. The van der Waals surface area contributed by atoms with Crippen LogP contribution in [-0.2, 0) is 9.53 Å². The van der Waals surface area contributed by atoms with Crippen LogP contribution in [0.5, 0.6) is 0 Å². The number of hydrogen-bond acceptors (Lipinski definition) is 5. The van der Waals surface area contributed by atoms with Gasteiger partial charge in [0.2, 0.25) is 5.91 Å². The van der Waals surface area contributed by atoms with Crippen molar-refractivity contribution in [3.05, 3.63) is 23.4 Å². The molecule has 0 aliphatic rings. The zero-order valence-corrected chi connectivity index (χ0v) is 11.7. The summed E-state index contributed by atoms with van der Waals surface area (Å²) in [7, 11) is 3.26. The molecule has 0 saturated carbocycles. The van der Waals surface area contributed by atoms with Crippen LogP contribution in [0.2, 0.25) is 5.02 Å². The molecular weight excluding hydrogens is 270 g/mol. The number of rotatable bonds is 7. The third-order valence-corrected chi connectivity index (χ3v) is 2.66. The lowest BCUT2D eigenvalue weighted by Gasteiger charge is -2.20. The molecule has 7 heteroatoms. The highest BCUT2D eigenvalue weighted by atomic mass is 35.5. The van der Waals surface area contributed by atoms with E-state index in [2.05, 4.69) is 10.3 Å². The Labute approximate surface area is 117 Å². The van der Waals surface area contributed by atoms with Gasteiger partial charge in [0.15, 0.2) is 0 Å². The van der Waals surface area contributed by atoms with E-state index in [9.17, 15) is 4.79 Å². The average molecular weight is 288 g/mol. The molecule has 0 radical (unpaired) electrons. The predicted molar refractivity (Wildman–Crippen MR) is 73.4 cm³/mol. The molecule has 0 aliphatic heterocycles. The molecule has 0 bridgehead atoms. The van der Waals surface area contributed by atoms with Gasteiger partial charge >= 0.3 is 0 Å². The number of anilines is 1. The van der Waals surface area contributed by atoms with E-state index in [1.54, 1.807) is 24.1 Å². The number of likely N-dealkylation sites (N-methyl/N-ethyl adjacent to an activating group) is 1. The van der Waals surface area contributed by atoms with Crippen molar-refractivity contribution >= 4 is 23.3 Å². The Bertz CT molecular complexity index is 400. The summed E-state index contributed by atoms with van der Waals surface area (Å²) >= 11 is 5.74. The highest BCUT2D eigenvalue weighted by Crippen LogP contribution is 2.12. The monoisotopic (exact) mass is 287 g/mol. The van der Waals surface area contributed by atoms with Crippen molar-refractivity contribution in [1.29, 1.82) is 0 Å². The molecule has 1 amide bonds. The molecule has 1 aromatic rings. The van der Waals surface area contributed by atoms with E-state index in [1.807, 2.05) is 0 Å². The summed E-state index contributed by atoms with van der Waals surface area (Å²) in [6.45, 7) is 0.239. The highest BCUT2D eigenvalue weighted by molar-refractivity contribution is 6.30. The van der Waals surface area contributed by atoms with Crippen molar-refractivity contribution in [2.45, 2.75) is 6.04 Å². The molecule has 0 saturated heterocycles. The Kier molecular flexibility index (Phi) is 6.55. The minimum atomic E-state index is -0.399. The van der Waals surface area contributed by atoms with Gasteiger partial charge in [-0.1, -0.05) is 11.6 Å². The lowest BCUT2D eigenvalue weighted by molar-refractivity contribution is -0.121. The first-order chi connectivity index (χ1) is 9.06. The molecule has 0 aliphatic carbocycles. The standard InChI is InChI=1S/C12H18ClN3O3/c1-16(11-4-3-9(13)5-14-11)6-12(18)15-10(7-17)8-19-2/h3-5,10,17H,6-8H2,1-2H3,(H,15,18). The number of carbonyl (C=O) groups is 1. The number of hydrogen-bond donors (Lipinski definition) is 2. The molecule has 0 spiro atoms. The van der Waals surface area contributed by atoms with Crippen molar-refractivity contribution in [1.82, 2.24) is 10.3 Å². The Hall–Kier alpha value is -1.37. The van der Waals surface area contributed by atoms with Gasteiger partial charge in [0.25, 0.3) is 0 Å². The quantitative estimate of drug-likeness (QED) is 0.754. The topological polar surface area (TPSA) is 74.7 Å². The number of nitrogens with zero attached hydrogens (tertiary/aromatic N) is 2. The van der Waals surface area contributed by atoms with E-state index in [0.717, 1.165) is 0 Å². The van der Waals surface area contributed by atoms with Crippen molar-refractivity contribution in [3.63, 3.8) is 0 Å². The number of carbonyl (C=O) groups excluding carboxylic acids is 1. The van der Waals surface area contributed by atoms with Crippen LogP contribution in [0.15, 0.2) is 18.3 Å². The predicted octanol–water partition coefficient (Wildman–Crippen LogP) is 0.295. The number of amides is 1. The first-order valence-corrected chi connectivity index (χ1v) is 6.16. The second-order valence-electron chi connectivity index (χ2n) is 4.09. The number of halogens is 1. The Morgan fingerprint density at radius 1 is 1.63 bits per heavy atom. The number of ether oxygens (including phenoxy) is 1. The molecule has 1 atom stereocenters. The molecule has 1 heterocycles. The fraction of sp³-hybridized carbons (Fsp3) is 0.500. The highest BCUT2D eigenvalue weighted by Gasteiger charge is 2.13. The molecule has 1 unspecified atom stereocenters. The second-order valence-corrected chi connectivity index (χ2v) is 4.53. The molecule has 0 aromatic carbocycles. The molecule has 106 valence electrons. The molecular formula is C12H18ClN3O3. The number of nitrogens with one attached hydrogen (secondary N) is 1. The van der Waals surface area contributed by atoms with E-state index in [1.165, 1.54) is 13.3 Å². The minimum absolute atomic E-state index is 0.134.